The van der Waals surface area contributed by atoms with Gasteiger partial charge in [-0.1, -0.05) is 29.8 Å². The average Bonchev–Trinajstić information content (AvgIpc) is 2.15. The molecule has 1 aromatic rings. The lowest BCUT2D eigenvalue weighted by molar-refractivity contribution is -0.146. The first kappa shape index (κ1) is 11.7. The third-order valence-corrected chi connectivity index (χ3v) is 2.31. The van der Waals surface area contributed by atoms with Crippen LogP contribution in [0.25, 0.3) is 0 Å². The Labute approximate surface area is 90.2 Å². The van der Waals surface area contributed by atoms with Crippen LogP contribution in [-0.4, -0.2) is 18.6 Å². The molecule has 0 aliphatic heterocycles. The fourth-order valence-corrected chi connectivity index (χ4v) is 1.55. The van der Waals surface area contributed by atoms with E-state index >= 15 is 0 Å². The van der Waals surface area contributed by atoms with E-state index in [0.29, 0.717) is 6.42 Å². The van der Waals surface area contributed by atoms with Crippen molar-refractivity contribution in [3.63, 3.8) is 0 Å². The van der Waals surface area contributed by atoms with Gasteiger partial charge in [-0.3, -0.25) is 4.79 Å². The van der Waals surface area contributed by atoms with Crippen molar-refractivity contribution in [3.05, 3.63) is 35.4 Å². The summed E-state index contributed by atoms with van der Waals surface area (Å²) in [6.45, 7) is 3.69. The second-order valence-electron chi connectivity index (χ2n) is 4.07. The van der Waals surface area contributed by atoms with Gasteiger partial charge in [0.15, 0.2) is 0 Å². The number of hydrogen-bond donors (Lipinski definition) is 1. The summed E-state index contributed by atoms with van der Waals surface area (Å²) in [5.41, 5.74) is 7.13. The predicted molar refractivity (Wildman–Crippen MR) is 59.5 cm³/mol. The SMILES string of the molecule is COC(=O)C(C)(N)Cc1cccc(C)c1. The third kappa shape index (κ3) is 3.06. The minimum atomic E-state index is -0.956. The lowest BCUT2D eigenvalue weighted by atomic mass is 9.93. The summed E-state index contributed by atoms with van der Waals surface area (Å²) in [4.78, 5) is 11.4. The number of methoxy groups -OCH3 is 1. The minimum Gasteiger partial charge on any atom is -0.468 e. The van der Waals surface area contributed by atoms with Crippen LogP contribution in [0, 0.1) is 6.92 Å². The lowest BCUT2D eigenvalue weighted by Gasteiger charge is -2.21. The second kappa shape index (κ2) is 4.45. The highest BCUT2D eigenvalue weighted by atomic mass is 16.5. The summed E-state index contributed by atoms with van der Waals surface area (Å²) < 4.78 is 4.65. The zero-order valence-electron chi connectivity index (χ0n) is 9.41. The Morgan fingerprint density at radius 3 is 2.73 bits per heavy atom. The normalized spacial score (nSPS) is 14.4. The molecule has 3 nitrogen and oxygen atoms in total. The summed E-state index contributed by atoms with van der Waals surface area (Å²) in [5.74, 6) is -0.385. The molecule has 0 heterocycles. The summed E-state index contributed by atoms with van der Waals surface area (Å²) in [5, 5.41) is 0. The zero-order chi connectivity index (χ0) is 11.5. The molecule has 0 aromatic heterocycles. The molecular formula is C12H17NO2. The smallest absolute Gasteiger partial charge is 0.325 e. The maximum absolute atomic E-state index is 11.4. The van der Waals surface area contributed by atoms with Gasteiger partial charge in [0.1, 0.15) is 5.54 Å². The Morgan fingerprint density at radius 1 is 1.53 bits per heavy atom. The van der Waals surface area contributed by atoms with Crippen molar-refractivity contribution in [2.45, 2.75) is 25.8 Å². The van der Waals surface area contributed by atoms with Gasteiger partial charge < -0.3 is 10.5 Å². The van der Waals surface area contributed by atoms with Gasteiger partial charge in [0.2, 0.25) is 0 Å². The number of carbonyl (C=O) groups excluding carboxylic acids is 1. The molecule has 1 aromatic carbocycles. The van der Waals surface area contributed by atoms with Crippen LogP contribution in [0.15, 0.2) is 24.3 Å². The molecule has 2 N–H and O–H groups in total. The highest BCUT2D eigenvalue weighted by molar-refractivity contribution is 5.80. The summed E-state index contributed by atoms with van der Waals surface area (Å²) >= 11 is 0. The van der Waals surface area contributed by atoms with E-state index < -0.39 is 5.54 Å². The standard InChI is InChI=1S/C12H17NO2/c1-9-5-4-6-10(7-9)8-12(2,13)11(14)15-3/h4-7H,8,13H2,1-3H3. The van der Waals surface area contributed by atoms with Gasteiger partial charge in [0.05, 0.1) is 7.11 Å². The van der Waals surface area contributed by atoms with E-state index in [4.69, 9.17) is 5.73 Å². The van der Waals surface area contributed by atoms with E-state index in [2.05, 4.69) is 4.74 Å². The van der Waals surface area contributed by atoms with Crippen molar-refractivity contribution in [3.8, 4) is 0 Å². The van der Waals surface area contributed by atoms with Crippen LogP contribution >= 0.6 is 0 Å². The lowest BCUT2D eigenvalue weighted by Crippen LogP contribution is -2.47. The Hall–Kier alpha value is -1.35. The van der Waals surface area contributed by atoms with Gasteiger partial charge in [-0.15, -0.1) is 0 Å². The highest BCUT2D eigenvalue weighted by Gasteiger charge is 2.29. The topological polar surface area (TPSA) is 52.3 Å². The molecule has 1 atom stereocenters. The van der Waals surface area contributed by atoms with E-state index in [0.717, 1.165) is 11.1 Å². The van der Waals surface area contributed by atoms with E-state index in [9.17, 15) is 4.79 Å². The molecule has 1 rings (SSSR count). The van der Waals surface area contributed by atoms with E-state index in [1.165, 1.54) is 7.11 Å². The monoisotopic (exact) mass is 207 g/mol. The molecule has 0 aliphatic rings. The van der Waals surface area contributed by atoms with Crippen LogP contribution in [0.5, 0.6) is 0 Å². The number of esters is 1. The molecular weight excluding hydrogens is 190 g/mol. The van der Waals surface area contributed by atoms with Gasteiger partial charge in [-0.25, -0.2) is 0 Å². The molecule has 0 spiro atoms. The molecule has 0 fully saturated rings. The number of carbonyl (C=O) groups is 1. The van der Waals surface area contributed by atoms with Crippen molar-refractivity contribution >= 4 is 5.97 Å². The van der Waals surface area contributed by atoms with Crippen LogP contribution in [0.2, 0.25) is 0 Å². The van der Waals surface area contributed by atoms with Crippen molar-refractivity contribution in [1.82, 2.24) is 0 Å². The molecule has 0 aliphatic carbocycles. The van der Waals surface area contributed by atoms with Crippen molar-refractivity contribution in [1.29, 1.82) is 0 Å². The number of benzene rings is 1. The average molecular weight is 207 g/mol. The van der Waals surface area contributed by atoms with Gasteiger partial charge in [-0.05, 0) is 19.4 Å². The number of aryl methyl sites for hydroxylation is 1. The Bertz CT molecular complexity index is 358. The van der Waals surface area contributed by atoms with Crippen molar-refractivity contribution in [2.24, 2.45) is 5.73 Å². The first-order valence-corrected chi connectivity index (χ1v) is 4.88. The van der Waals surface area contributed by atoms with Crippen LogP contribution in [0.1, 0.15) is 18.1 Å². The summed E-state index contributed by atoms with van der Waals surface area (Å²) in [6, 6.07) is 7.95. The molecule has 0 bridgehead atoms. The van der Waals surface area contributed by atoms with Crippen LogP contribution in [0.4, 0.5) is 0 Å². The fourth-order valence-electron chi connectivity index (χ4n) is 1.55. The van der Waals surface area contributed by atoms with Gasteiger partial charge >= 0.3 is 5.97 Å². The molecule has 0 radical (unpaired) electrons. The van der Waals surface area contributed by atoms with Crippen LogP contribution < -0.4 is 5.73 Å². The van der Waals surface area contributed by atoms with Crippen LogP contribution in [-0.2, 0) is 16.0 Å². The van der Waals surface area contributed by atoms with Crippen molar-refractivity contribution in [2.75, 3.05) is 7.11 Å². The minimum absolute atomic E-state index is 0.385. The van der Waals surface area contributed by atoms with Crippen LogP contribution in [0.3, 0.4) is 0 Å². The van der Waals surface area contributed by atoms with E-state index in [1.54, 1.807) is 6.92 Å². The van der Waals surface area contributed by atoms with E-state index in [1.807, 2.05) is 31.2 Å². The maximum atomic E-state index is 11.4. The summed E-state index contributed by atoms with van der Waals surface area (Å²) in [7, 11) is 1.35. The summed E-state index contributed by atoms with van der Waals surface area (Å²) in [6.07, 6.45) is 0.487. The zero-order valence-corrected chi connectivity index (χ0v) is 9.41. The maximum Gasteiger partial charge on any atom is 0.325 e. The first-order valence-electron chi connectivity index (χ1n) is 4.88. The molecule has 82 valence electrons. The first-order chi connectivity index (χ1) is 6.95. The second-order valence-corrected chi connectivity index (χ2v) is 4.07. The Morgan fingerprint density at radius 2 is 2.20 bits per heavy atom. The highest BCUT2D eigenvalue weighted by Crippen LogP contribution is 2.13. The quantitative estimate of drug-likeness (QED) is 0.763. The molecule has 0 saturated carbocycles. The Kier molecular flexibility index (Phi) is 3.48. The number of ether oxygens (including phenoxy) is 1. The molecule has 0 saturated heterocycles. The predicted octanol–water partition coefficient (Wildman–Crippen LogP) is 1.43. The van der Waals surface area contributed by atoms with Crippen molar-refractivity contribution < 1.29 is 9.53 Å². The van der Waals surface area contributed by atoms with Gasteiger partial charge in [-0.2, -0.15) is 0 Å². The molecule has 0 amide bonds. The number of nitrogens with two attached hydrogens (primary N) is 1. The molecule has 1 unspecified atom stereocenters. The Balaban J connectivity index is 2.81. The molecule has 15 heavy (non-hydrogen) atoms. The number of rotatable bonds is 3. The third-order valence-electron chi connectivity index (χ3n) is 2.31. The molecule has 3 heteroatoms. The van der Waals surface area contributed by atoms with Gasteiger partial charge in [0, 0.05) is 6.42 Å². The fraction of sp³-hybridized carbons (Fsp3) is 0.417. The largest absolute Gasteiger partial charge is 0.468 e. The number of hydrogen-bond acceptors (Lipinski definition) is 3. The van der Waals surface area contributed by atoms with Gasteiger partial charge in [0.25, 0.3) is 0 Å². The van der Waals surface area contributed by atoms with E-state index in [-0.39, 0.29) is 5.97 Å².